The topological polar surface area (TPSA) is 0 Å². The van der Waals surface area contributed by atoms with Crippen LogP contribution in [-0.2, 0) is 0 Å². The first-order valence-electron chi connectivity index (χ1n) is 2.64. The Morgan fingerprint density at radius 3 is 1.50 bits per heavy atom. The van der Waals surface area contributed by atoms with E-state index in [4.69, 9.17) is 23.2 Å². The molecular formula is C7H9Cl2F3. The molecule has 0 saturated carbocycles. The molecule has 1 aromatic rings. The van der Waals surface area contributed by atoms with Gasteiger partial charge in [0, 0.05) is 0 Å². The van der Waals surface area contributed by atoms with E-state index in [9.17, 15) is 0 Å². The van der Waals surface area contributed by atoms with Crippen molar-refractivity contribution in [2.24, 2.45) is 0 Å². The molecule has 0 N–H and O–H groups in total. The molecule has 0 aliphatic rings. The first kappa shape index (κ1) is 17.6. The van der Waals surface area contributed by atoms with Crippen LogP contribution >= 0.6 is 23.2 Å². The number of rotatable bonds is 1. The van der Waals surface area contributed by atoms with Crippen LogP contribution in [0.2, 0.25) is 0 Å². The van der Waals surface area contributed by atoms with Gasteiger partial charge in [-0.2, -0.15) is 0 Å². The van der Waals surface area contributed by atoms with Crippen LogP contribution in [0.1, 0.15) is 10.4 Å². The molecule has 0 spiro atoms. The Kier molecular flexibility index (Phi) is 12.7. The van der Waals surface area contributed by atoms with E-state index in [0.717, 1.165) is 5.56 Å². The molecule has 0 atom stereocenters. The predicted molar refractivity (Wildman–Crippen MR) is 48.4 cm³/mol. The van der Waals surface area contributed by atoms with Crippen molar-refractivity contribution in [3.63, 3.8) is 0 Å². The fraction of sp³-hybridized carbons (Fsp3) is 0.143. The zero-order chi connectivity index (χ0) is 6.69. The van der Waals surface area contributed by atoms with E-state index < -0.39 is 4.84 Å². The second-order valence-electron chi connectivity index (χ2n) is 1.71. The lowest BCUT2D eigenvalue weighted by molar-refractivity contribution is 1.11. The number of halogens is 5. The van der Waals surface area contributed by atoms with Gasteiger partial charge in [-0.25, -0.2) is 0 Å². The molecule has 0 saturated heterocycles. The first-order chi connectivity index (χ1) is 4.30. The van der Waals surface area contributed by atoms with Crippen LogP contribution in [0.4, 0.5) is 14.1 Å². The molecule has 0 aliphatic carbocycles. The molecule has 0 aromatic heterocycles. The van der Waals surface area contributed by atoms with Crippen LogP contribution < -0.4 is 0 Å². The summed E-state index contributed by atoms with van der Waals surface area (Å²) in [6.07, 6.45) is 0. The Morgan fingerprint density at radius 1 is 0.833 bits per heavy atom. The highest BCUT2D eigenvalue weighted by Gasteiger charge is 1.98. The smallest absolute Gasteiger partial charge is 0.132 e. The molecule has 0 aliphatic heterocycles. The highest BCUT2D eigenvalue weighted by atomic mass is 35.5. The molecule has 12 heavy (non-hydrogen) atoms. The molecule has 1 aromatic carbocycles. The standard InChI is InChI=1S/C7H6Cl2.3FH/c8-7(9)6-4-2-1-3-5-6;;;/h1-5,7H;3*1H. The van der Waals surface area contributed by atoms with Gasteiger partial charge in [0.1, 0.15) is 4.84 Å². The molecule has 0 nitrogen and oxygen atoms in total. The number of alkyl halides is 2. The molecule has 72 valence electrons. The van der Waals surface area contributed by atoms with E-state index in [0.29, 0.717) is 0 Å². The van der Waals surface area contributed by atoms with Gasteiger partial charge < -0.3 is 0 Å². The van der Waals surface area contributed by atoms with Crippen molar-refractivity contribution >= 4 is 23.2 Å². The first-order valence-corrected chi connectivity index (χ1v) is 3.51. The third-order valence-electron chi connectivity index (χ3n) is 1.05. The fourth-order valence-electron chi connectivity index (χ4n) is 0.599. The van der Waals surface area contributed by atoms with E-state index in [-0.39, 0.29) is 14.1 Å². The summed E-state index contributed by atoms with van der Waals surface area (Å²) >= 11 is 11.1. The van der Waals surface area contributed by atoms with E-state index in [1.165, 1.54) is 0 Å². The maximum absolute atomic E-state index is 5.57. The van der Waals surface area contributed by atoms with Crippen molar-refractivity contribution in [1.29, 1.82) is 0 Å². The Labute approximate surface area is 78.6 Å². The lowest BCUT2D eigenvalue weighted by Crippen LogP contribution is -1.76. The van der Waals surface area contributed by atoms with Crippen LogP contribution in [0.3, 0.4) is 0 Å². The normalized spacial score (nSPS) is 7.58. The van der Waals surface area contributed by atoms with Crippen LogP contribution in [-0.4, -0.2) is 0 Å². The summed E-state index contributed by atoms with van der Waals surface area (Å²) in [5.74, 6) is 0. The molecular weight excluding hydrogens is 212 g/mol. The molecule has 5 heteroatoms. The summed E-state index contributed by atoms with van der Waals surface area (Å²) in [6.45, 7) is 0. The minimum Gasteiger partial charge on any atom is -0.269 e. The Bertz CT molecular complexity index is 179. The van der Waals surface area contributed by atoms with Crippen molar-refractivity contribution in [2.75, 3.05) is 0 Å². The van der Waals surface area contributed by atoms with Gasteiger partial charge in [-0.15, -0.1) is 23.2 Å². The van der Waals surface area contributed by atoms with Gasteiger partial charge >= 0.3 is 0 Å². The van der Waals surface area contributed by atoms with E-state index >= 15 is 0 Å². The molecule has 0 bridgehead atoms. The summed E-state index contributed by atoms with van der Waals surface area (Å²) < 4.78 is 0. The summed E-state index contributed by atoms with van der Waals surface area (Å²) in [6, 6.07) is 9.54. The maximum Gasteiger partial charge on any atom is 0.132 e. The molecule has 0 amide bonds. The largest absolute Gasteiger partial charge is 0.269 e. The predicted octanol–water partition coefficient (Wildman–Crippen LogP) is 3.62. The minimum absolute atomic E-state index is 0. The van der Waals surface area contributed by atoms with Crippen molar-refractivity contribution in [3.05, 3.63) is 35.9 Å². The van der Waals surface area contributed by atoms with Gasteiger partial charge in [-0.3, -0.25) is 14.1 Å². The van der Waals surface area contributed by atoms with Crippen molar-refractivity contribution in [3.8, 4) is 0 Å². The highest BCUT2D eigenvalue weighted by molar-refractivity contribution is 6.44. The molecule has 0 unspecified atom stereocenters. The number of hydrogen-bond donors (Lipinski definition) is 0. The molecule has 0 fully saturated rings. The van der Waals surface area contributed by atoms with E-state index in [1.54, 1.807) is 0 Å². The van der Waals surface area contributed by atoms with E-state index in [1.807, 2.05) is 30.3 Å². The number of hydrogen-bond acceptors (Lipinski definition) is 0. The number of benzene rings is 1. The minimum atomic E-state index is -0.397. The summed E-state index contributed by atoms with van der Waals surface area (Å²) in [5, 5.41) is 0. The Morgan fingerprint density at radius 2 is 1.25 bits per heavy atom. The van der Waals surface area contributed by atoms with Crippen LogP contribution in [0.5, 0.6) is 0 Å². The molecule has 0 heterocycles. The second-order valence-corrected chi connectivity index (χ2v) is 2.81. The van der Waals surface area contributed by atoms with Gasteiger partial charge in [-0.05, 0) is 5.56 Å². The quantitative estimate of drug-likeness (QED) is 0.635. The monoisotopic (exact) mass is 220 g/mol. The third-order valence-corrected chi connectivity index (χ3v) is 1.56. The van der Waals surface area contributed by atoms with Crippen molar-refractivity contribution in [2.45, 2.75) is 4.84 Å². The van der Waals surface area contributed by atoms with E-state index in [2.05, 4.69) is 0 Å². The average Bonchev–Trinajstić information content (AvgIpc) is 1.90. The van der Waals surface area contributed by atoms with Gasteiger partial charge in [0.2, 0.25) is 0 Å². The lowest BCUT2D eigenvalue weighted by Gasteiger charge is -1.97. The molecule has 1 rings (SSSR count). The van der Waals surface area contributed by atoms with Gasteiger partial charge in [0.25, 0.3) is 0 Å². The van der Waals surface area contributed by atoms with Gasteiger partial charge in [0.15, 0.2) is 0 Å². The van der Waals surface area contributed by atoms with Gasteiger partial charge in [-0.1, -0.05) is 30.3 Å². The fourth-order valence-corrected chi connectivity index (χ4v) is 0.889. The molecule has 0 radical (unpaired) electrons. The zero-order valence-electron chi connectivity index (χ0n) is 5.94. The van der Waals surface area contributed by atoms with Crippen molar-refractivity contribution < 1.29 is 14.1 Å². The lowest BCUT2D eigenvalue weighted by atomic mass is 10.2. The summed E-state index contributed by atoms with van der Waals surface area (Å²) in [7, 11) is 0. The van der Waals surface area contributed by atoms with Crippen LogP contribution in [0.15, 0.2) is 30.3 Å². The summed E-state index contributed by atoms with van der Waals surface area (Å²) in [5.41, 5.74) is 0.945. The van der Waals surface area contributed by atoms with Crippen LogP contribution in [0, 0.1) is 0 Å². The zero-order valence-corrected chi connectivity index (χ0v) is 7.46. The third kappa shape index (κ3) is 5.27. The SMILES string of the molecule is ClC(Cl)c1ccccc1.F.F.F. The average molecular weight is 221 g/mol. The van der Waals surface area contributed by atoms with Crippen LogP contribution in [0.25, 0.3) is 0 Å². The van der Waals surface area contributed by atoms with Crippen molar-refractivity contribution in [1.82, 2.24) is 0 Å². The Balaban J connectivity index is -0.000000270. The van der Waals surface area contributed by atoms with Gasteiger partial charge in [0.05, 0.1) is 0 Å². The Hall–Kier alpha value is -0.410. The maximum atomic E-state index is 5.57. The highest BCUT2D eigenvalue weighted by Crippen LogP contribution is 2.23. The second kappa shape index (κ2) is 8.68. The summed E-state index contributed by atoms with van der Waals surface area (Å²) in [4.78, 5) is -0.397.